The molecule has 2 amide bonds. The molecule has 6 nitrogen and oxygen atoms in total. The van der Waals surface area contributed by atoms with Crippen LogP contribution in [0.4, 0.5) is 10.5 Å². The Bertz CT molecular complexity index is 863. The zero-order chi connectivity index (χ0) is 19.5. The Balaban J connectivity index is 1.52. The van der Waals surface area contributed by atoms with Crippen LogP contribution in [0, 0.1) is 0 Å². The van der Waals surface area contributed by atoms with Gasteiger partial charge in [0.15, 0.2) is 0 Å². The Labute approximate surface area is 164 Å². The first-order valence-corrected chi connectivity index (χ1v) is 9.86. The van der Waals surface area contributed by atoms with Gasteiger partial charge in [-0.15, -0.1) is 0 Å². The van der Waals surface area contributed by atoms with Crippen molar-refractivity contribution >= 4 is 17.7 Å². The molecule has 0 saturated carbocycles. The number of anilines is 1. The van der Waals surface area contributed by atoms with Crippen molar-refractivity contribution in [3.63, 3.8) is 0 Å². The van der Waals surface area contributed by atoms with Crippen LogP contribution in [-0.2, 0) is 41.6 Å². The smallest absolute Gasteiger partial charge is 0.328 e. The third-order valence-electron chi connectivity index (χ3n) is 5.67. The van der Waals surface area contributed by atoms with Crippen LogP contribution < -0.4 is 10.6 Å². The molecule has 2 N–H and O–H groups in total. The maximum atomic E-state index is 12.8. The van der Waals surface area contributed by atoms with E-state index in [1.807, 2.05) is 6.07 Å². The first-order chi connectivity index (χ1) is 13.7. The van der Waals surface area contributed by atoms with Gasteiger partial charge in [0.1, 0.15) is 6.04 Å². The van der Waals surface area contributed by atoms with Crippen LogP contribution in [0.3, 0.4) is 0 Å². The van der Waals surface area contributed by atoms with E-state index in [0.717, 1.165) is 49.8 Å². The second kappa shape index (κ2) is 8.00. The molecule has 1 aromatic carbocycles. The number of esters is 1. The van der Waals surface area contributed by atoms with Crippen LogP contribution >= 0.6 is 0 Å². The second-order valence-electron chi connectivity index (χ2n) is 7.47. The van der Waals surface area contributed by atoms with Crippen LogP contribution in [0.5, 0.6) is 0 Å². The Hall–Kier alpha value is -2.89. The number of amides is 2. The highest BCUT2D eigenvalue weighted by molar-refractivity contribution is 5.94. The van der Waals surface area contributed by atoms with Gasteiger partial charge in [-0.1, -0.05) is 12.1 Å². The minimum absolute atomic E-state index is 0.332. The number of fused-ring (bicyclic) bond motifs is 2. The van der Waals surface area contributed by atoms with Crippen molar-refractivity contribution in [3.8, 4) is 0 Å². The number of hydrogen-bond acceptors (Lipinski definition) is 4. The maximum absolute atomic E-state index is 12.8. The molecule has 1 aromatic heterocycles. The molecule has 0 unspecified atom stereocenters. The number of nitrogens with zero attached hydrogens (tertiary/aromatic N) is 1. The van der Waals surface area contributed by atoms with Crippen LogP contribution in [-0.4, -0.2) is 30.1 Å². The standard InChI is InChI=1S/C22H25N3O3/c1-28-21(26)19(11-14-5-4-10-23-13-14)24-22(27)25-20-17-8-2-6-15(17)12-16-7-3-9-18(16)20/h4-5,10,12-13,19H,2-3,6-9,11H2,1H3,(H2,24,25,27)/t19-/m1/s1. The summed E-state index contributed by atoms with van der Waals surface area (Å²) in [6.45, 7) is 0. The van der Waals surface area contributed by atoms with Gasteiger partial charge >= 0.3 is 12.0 Å². The van der Waals surface area contributed by atoms with E-state index in [-0.39, 0.29) is 6.03 Å². The molecule has 6 heteroatoms. The van der Waals surface area contributed by atoms with Crippen LogP contribution in [0.2, 0.25) is 0 Å². The molecule has 146 valence electrons. The van der Waals surface area contributed by atoms with E-state index < -0.39 is 12.0 Å². The quantitative estimate of drug-likeness (QED) is 0.783. The van der Waals surface area contributed by atoms with E-state index in [4.69, 9.17) is 4.74 Å². The number of carbonyl (C=O) groups excluding carboxylic acids is 2. The molecule has 1 atom stereocenters. The van der Waals surface area contributed by atoms with Crippen LogP contribution in [0.1, 0.15) is 40.7 Å². The van der Waals surface area contributed by atoms with E-state index in [0.29, 0.717) is 6.42 Å². The molecule has 0 radical (unpaired) electrons. The number of carbonyl (C=O) groups is 2. The average molecular weight is 379 g/mol. The number of benzene rings is 1. The van der Waals surface area contributed by atoms with Crippen molar-refractivity contribution in [1.82, 2.24) is 10.3 Å². The number of methoxy groups -OCH3 is 1. The van der Waals surface area contributed by atoms with Crippen molar-refractivity contribution < 1.29 is 14.3 Å². The Kier molecular flexibility index (Phi) is 5.28. The molecule has 2 aromatic rings. The lowest BCUT2D eigenvalue weighted by Crippen LogP contribution is -2.45. The lowest BCUT2D eigenvalue weighted by atomic mass is 9.99. The number of pyridine rings is 1. The summed E-state index contributed by atoms with van der Waals surface area (Å²) in [5.74, 6) is -0.470. The number of nitrogens with one attached hydrogen (secondary N) is 2. The van der Waals surface area contributed by atoms with Gasteiger partial charge in [0.2, 0.25) is 0 Å². The van der Waals surface area contributed by atoms with E-state index in [2.05, 4.69) is 21.7 Å². The molecular formula is C22H25N3O3. The minimum atomic E-state index is -0.765. The van der Waals surface area contributed by atoms with E-state index in [1.165, 1.54) is 29.4 Å². The zero-order valence-electron chi connectivity index (χ0n) is 16.1. The summed E-state index contributed by atoms with van der Waals surface area (Å²) in [4.78, 5) is 29.0. The summed E-state index contributed by atoms with van der Waals surface area (Å²) < 4.78 is 4.88. The molecule has 0 fully saturated rings. The number of hydrogen-bond donors (Lipinski definition) is 2. The van der Waals surface area contributed by atoms with Gasteiger partial charge in [-0.05, 0) is 72.4 Å². The summed E-state index contributed by atoms with van der Waals surface area (Å²) in [5, 5.41) is 5.86. The first kappa shape index (κ1) is 18.5. The third-order valence-corrected chi connectivity index (χ3v) is 5.67. The molecule has 0 aliphatic heterocycles. The van der Waals surface area contributed by atoms with Crippen LogP contribution in [0.15, 0.2) is 30.6 Å². The average Bonchev–Trinajstić information content (AvgIpc) is 3.36. The van der Waals surface area contributed by atoms with Crippen molar-refractivity contribution in [3.05, 3.63) is 58.4 Å². The molecule has 0 bridgehead atoms. The molecule has 28 heavy (non-hydrogen) atoms. The predicted molar refractivity (Wildman–Crippen MR) is 106 cm³/mol. The maximum Gasteiger partial charge on any atom is 0.328 e. The third kappa shape index (κ3) is 3.72. The molecule has 2 aliphatic carbocycles. The predicted octanol–water partition coefficient (Wildman–Crippen LogP) is 2.96. The summed E-state index contributed by atoms with van der Waals surface area (Å²) in [7, 11) is 1.33. The van der Waals surface area contributed by atoms with Gasteiger partial charge in [-0.3, -0.25) is 4.98 Å². The van der Waals surface area contributed by atoms with E-state index in [1.54, 1.807) is 18.5 Å². The summed E-state index contributed by atoms with van der Waals surface area (Å²) in [5.41, 5.74) is 7.06. The Morgan fingerprint density at radius 3 is 2.46 bits per heavy atom. The molecular weight excluding hydrogens is 354 g/mol. The number of aryl methyl sites for hydroxylation is 2. The van der Waals surface area contributed by atoms with Gasteiger partial charge in [-0.2, -0.15) is 0 Å². The summed E-state index contributed by atoms with van der Waals surface area (Å²) in [6, 6.07) is 4.88. The fourth-order valence-corrected chi connectivity index (χ4v) is 4.37. The van der Waals surface area contributed by atoms with Crippen molar-refractivity contribution in [2.75, 3.05) is 12.4 Å². The van der Waals surface area contributed by atoms with Gasteiger partial charge in [0, 0.05) is 24.5 Å². The highest BCUT2D eigenvalue weighted by atomic mass is 16.5. The first-order valence-electron chi connectivity index (χ1n) is 9.86. The number of ether oxygens (including phenoxy) is 1. The van der Waals surface area contributed by atoms with E-state index in [9.17, 15) is 9.59 Å². The summed E-state index contributed by atoms with van der Waals surface area (Å²) in [6.07, 6.45) is 10.1. The topological polar surface area (TPSA) is 80.3 Å². The molecule has 0 spiro atoms. The number of urea groups is 1. The Morgan fingerprint density at radius 2 is 1.86 bits per heavy atom. The Morgan fingerprint density at radius 1 is 1.14 bits per heavy atom. The monoisotopic (exact) mass is 379 g/mol. The largest absolute Gasteiger partial charge is 0.467 e. The fourth-order valence-electron chi connectivity index (χ4n) is 4.37. The van der Waals surface area contributed by atoms with E-state index >= 15 is 0 Å². The van der Waals surface area contributed by atoms with Gasteiger partial charge in [0.25, 0.3) is 0 Å². The molecule has 4 rings (SSSR count). The normalized spacial score (nSPS) is 15.5. The van der Waals surface area contributed by atoms with Crippen LogP contribution in [0.25, 0.3) is 0 Å². The molecule has 0 saturated heterocycles. The minimum Gasteiger partial charge on any atom is -0.467 e. The highest BCUT2D eigenvalue weighted by Gasteiger charge is 2.27. The molecule has 1 heterocycles. The van der Waals surface area contributed by atoms with Crippen molar-refractivity contribution in [2.45, 2.75) is 51.0 Å². The van der Waals surface area contributed by atoms with Crippen molar-refractivity contribution in [1.29, 1.82) is 0 Å². The lowest BCUT2D eigenvalue weighted by Gasteiger charge is -2.20. The lowest BCUT2D eigenvalue weighted by molar-refractivity contribution is -0.142. The van der Waals surface area contributed by atoms with Crippen molar-refractivity contribution in [2.24, 2.45) is 0 Å². The number of rotatable bonds is 5. The highest BCUT2D eigenvalue weighted by Crippen LogP contribution is 2.38. The van der Waals surface area contributed by atoms with Gasteiger partial charge < -0.3 is 15.4 Å². The second-order valence-corrected chi connectivity index (χ2v) is 7.47. The fraction of sp³-hybridized carbons (Fsp3) is 0.409. The molecule has 2 aliphatic rings. The van der Waals surface area contributed by atoms with Gasteiger partial charge in [0.05, 0.1) is 7.11 Å². The number of aromatic nitrogens is 1. The van der Waals surface area contributed by atoms with Gasteiger partial charge in [-0.25, -0.2) is 9.59 Å². The SMILES string of the molecule is COC(=O)[C@@H](Cc1cccnc1)NC(=O)Nc1c2c(cc3c1CCC3)CCC2. The zero-order valence-corrected chi connectivity index (χ0v) is 16.1. The summed E-state index contributed by atoms with van der Waals surface area (Å²) >= 11 is 0.